The summed E-state index contributed by atoms with van der Waals surface area (Å²) in [5, 5.41) is 9.47. The number of ether oxygens (including phenoxy) is 1. The Morgan fingerprint density at radius 1 is 0.947 bits per heavy atom. The Bertz CT molecular complexity index is 1460. The first kappa shape index (κ1) is 26.5. The Kier molecular flexibility index (Phi) is 6.99. The molecule has 0 aliphatic carbocycles. The minimum Gasteiger partial charge on any atom is -0.457 e. The van der Waals surface area contributed by atoms with Crippen LogP contribution < -0.4 is 21.1 Å². The van der Waals surface area contributed by atoms with Gasteiger partial charge in [0.1, 0.15) is 29.0 Å². The monoisotopic (exact) mass is 528 g/mol. The van der Waals surface area contributed by atoms with Crippen molar-refractivity contribution in [2.45, 2.75) is 32.4 Å². The molecule has 0 saturated carbocycles. The molecule has 4 rings (SSSR count). The maximum absolute atomic E-state index is 14.7. The summed E-state index contributed by atoms with van der Waals surface area (Å²) in [7, 11) is 0. The second kappa shape index (κ2) is 10.0. The molecule has 0 bridgehead atoms. The number of anilines is 3. The molecule has 198 valence electrons. The number of carbonyl (C=O) groups excluding carboxylic acids is 1. The number of alkyl halides is 3. The summed E-state index contributed by atoms with van der Waals surface area (Å²) in [5.41, 5.74) is 5.13. The fourth-order valence-electron chi connectivity index (χ4n) is 3.38. The molecule has 8 nitrogen and oxygen atoms in total. The fourth-order valence-corrected chi connectivity index (χ4v) is 3.38. The lowest BCUT2D eigenvalue weighted by Crippen LogP contribution is -2.22. The maximum atomic E-state index is 14.7. The van der Waals surface area contributed by atoms with Crippen LogP contribution in [0.15, 0.2) is 66.9 Å². The van der Waals surface area contributed by atoms with Crippen molar-refractivity contribution in [1.82, 2.24) is 14.8 Å². The molecule has 0 unspecified atom stereocenters. The van der Waals surface area contributed by atoms with E-state index in [2.05, 4.69) is 20.7 Å². The lowest BCUT2D eigenvalue weighted by atomic mass is 9.92. The predicted octanol–water partition coefficient (Wildman–Crippen LogP) is 6.74. The van der Waals surface area contributed by atoms with Crippen LogP contribution in [0.1, 0.15) is 32.0 Å². The molecule has 2 heterocycles. The molecule has 2 aromatic heterocycles. The zero-order valence-electron chi connectivity index (χ0n) is 20.6. The Morgan fingerprint density at radius 3 is 2.24 bits per heavy atom. The molecular weight excluding hydrogens is 504 g/mol. The summed E-state index contributed by atoms with van der Waals surface area (Å²) in [5.74, 6) is 0.202. The molecule has 38 heavy (non-hydrogen) atoms. The van der Waals surface area contributed by atoms with Crippen molar-refractivity contribution < 1.29 is 27.1 Å². The van der Waals surface area contributed by atoms with E-state index in [1.54, 1.807) is 12.1 Å². The van der Waals surface area contributed by atoms with E-state index in [1.165, 1.54) is 41.2 Å². The minimum absolute atomic E-state index is 0.124. The van der Waals surface area contributed by atoms with E-state index in [4.69, 9.17) is 10.5 Å². The number of hydrogen-bond donors (Lipinski definition) is 3. The van der Waals surface area contributed by atoms with Crippen molar-refractivity contribution in [1.29, 1.82) is 0 Å². The number of halogens is 4. The molecule has 0 aliphatic rings. The van der Waals surface area contributed by atoms with Gasteiger partial charge in [-0.3, -0.25) is 5.32 Å². The number of nitrogens with zero attached hydrogens (tertiary/aromatic N) is 3. The molecule has 0 spiro atoms. The number of pyridine rings is 1. The molecule has 12 heteroatoms. The molecule has 4 N–H and O–H groups in total. The number of carbonyl (C=O) groups is 1. The van der Waals surface area contributed by atoms with E-state index in [0.29, 0.717) is 17.1 Å². The highest BCUT2D eigenvalue weighted by molar-refractivity contribution is 5.99. The first-order valence-corrected chi connectivity index (χ1v) is 11.3. The Morgan fingerprint density at radius 2 is 1.63 bits per heavy atom. The van der Waals surface area contributed by atoms with Gasteiger partial charge in [0.05, 0.1) is 22.6 Å². The van der Waals surface area contributed by atoms with Crippen molar-refractivity contribution >= 4 is 23.4 Å². The Balaban J connectivity index is 1.53. The van der Waals surface area contributed by atoms with Crippen LogP contribution in [0.25, 0.3) is 5.69 Å². The molecular formula is C26H24F4N6O2. The van der Waals surface area contributed by atoms with Gasteiger partial charge in [0.25, 0.3) is 0 Å². The maximum Gasteiger partial charge on any atom is 0.416 e. The van der Waals surface area contributed by atoms with Crippen LogP contribution in [0.5, 0.6) is 11.5 Å². The lowest BCUT2D eigenvalue weighted by Gasteiger charge is -2.14. The third-order valence-electron chi connectivity index (χ3n) is 5.34. The predicted molar refractivity (Wildman–Crippen MR) is 135 cm³/mol. The van der Waals surface area contributed by atoms with E-state index < -0.39 is 29.0 Å². The summed E-state index contributed by atoms with van der Waals surface area (Å²) in [6, 6.07) is 12.1. The van der Waals surface area contributed by atoms with Gasteiger partial charge in [-0.2, -0.15) is 18.3 Å². The van der Waals surface area contributed by atoms with E-state index in [9.17, 15) is 22.4 Å². The number of nitrogen functional groups attached to an aromatic ring is 1. The minimum atomic E-state index is -4.49. The molecule has 2 amide bonds. The van der Waals surface area contributed by atoms with E-state index >= 15 is 0 Å². The van der Waals surface area contributed by atoms with Crippen molar-refractivity contribution in [2.24, 2.45) is 0 Å². The van der Waals surface area contributed by atoms with E-state index in [-0.39, 0.29) is 23.1 Å². The fraction of sp³-hybridized carbons (Fsp3) is 0.192. The second-order valence-corrected chi connectivity index (χ2v) is 9.36. The number of rotatable bonds is 5. The quantitative estimate of drug-likeness (QED) is 0.249. The highest BCUT2D eigenvalue weighted by atomic mass is 19.4. The van der Waals surface area contributed by atoms with Gasteiger partial charge in [-0.05, 0) is 42.5 Å². The van der Waals surface area contributed by atoms with Crippen LogP contribution >= 0.6 is 0 Å². The summed E-state index contributed by atoms with van der Waals surface area (Å²) in [6.07, 6.45) is -3.04. The highest BCUT2D eigenvalue weighted by Gasteiger charge is 2.30. The third kappa shape index (κ3) is 6.20. The van der Waals surface area contributed by atoms with Gasteiger partial charge < -0.3 is 15.8 Å². The molecule has 2 aromatic carbocycles. The SMILES string of the molecule is CC(C)(C)c1cc(NC(=O)Nc2ccc(Oc3ccnc(N)c3)cc2F)n(-c2ccc(C(F)(F)F)cc2)n1. The van der Waals surface area contributed by atoms with Gasteiger partial charge in [0, 0.05) is 29.8 Å². The van der Waals surface area contributed by atoms with Crippen LogP contribution in [0.4, 0.5) is 39.7 Å². The van der Waals surface area contributed by atoms with Gasteiger partial charge in [0.15, 0.2) is 0 Å². The topological polar surface area (TPSA) is 107 Å². The van der Waals surface area contributed by atoms with Gasteiger partial charge >= 0.3 is 12.2 Å². The van der Waals surface area contributed by atoms with Crippen molar-refractivity contribution in [3.63, 3.8) is 0 Å². The van der Waals surface area contributed by atoms with Crippen molar-refractivity contribution in [3.8, 4) is 17.2 Å². The van der Waals surface area contributed by atoms with Crippen molar-refractivity contribution in [2.75, 3.05) is 16.4 Å². The molecule has 0 radical (unpaired) electrons. The number of nitrogens with one attached hydrogen (secondary N) is 2. The zero-order chi connectivity index (χ0) is 27.7. The number of urea groups is 1. The summed E-state index contributed by atoms with van der Waals surface area (Å²) < 4.78 is 60.5. The van der Waals surface area contributed by atoms with Gasteiger partial charge in [-0.1, -0.05) is 20.8 Å². The van der Waals surface area contributed by atoms with Crippen LogP contribution in [-0.2, 0) is 11.6 Å². The van der Waals surface area contributed by atoms with Crippen LogP contribution in [0.3, 0.4) is 0 Å². The zero-order valence-corrected chi connectivity index (χ0v) is 20.6. The Hall–Kier alpha value is -4.61. The summed E-state index contributed by atoms with van der Waals surface area (Å²) >= 11 is 0. The first-order valence-electron chi connectivity index (χ1n) is 11.3. The average molecular weight is 529 g/mol. The van der Waals surface area contributed by atoms with Crippen LogP contribution in [-0.4, -0.2) is 20.8 Å². The smallest absolute Gasteiger partial charge is 0.416 e. The van der Waals surface area contributed by atoms with Crippen LogP contribution in [0.2, 0.25) is 0 Å². The normalized spacial score (nSPS) is 11.8. The Labute approximate surface area is 215 Å². The number of amides is 2. The molecule has 0 saturated heterocycles. The van der Waals surface area contributed by atoms with Gasteiger partial charge in [-0.25, -0.2) is 18.9 Å². The summed E-state index contributed by atoms with van der Waals surface area (Å²) in [6.45, 7) is 5.70. The second-order valence-electron chi connectivity index (χ2n) is 9.36. The largest absolute Gasteiger partial charge is 0.457 e. The summed E-state index contributed by atoms with van der Waals surface area (Å²) in [4.78, 5) is 16.6. The molecule has 4 aromatic rings. The van der Waals surface area contributed by atoms with Crippen LogP contribution in [0, 0.1) is 5.82 Å². The highest BCUT2D eigenvalue weighted by Crippen LogP contribution is 2.31. The first-order chi connectivity index (χ1) is 17.8. The molecule has 0 atom stereocenters. The number of benzene rings is 2. The number of nitrogens with two attached hydrogens (primary N) is 1. The standard InChI is InChI=1S/C26H24F4N6O2/c1-25(2,3)21-14-23(36(35-21)16-6-4-15(5-7-16)26(28,29)30)34-24(37)33-20-9-8-17(12-19(20)27)38-18-10-11-32-22(31)13-18/h4-14H,1-3H3,(H2,31,32)(H2,33,34,37). The third-order valence-corrected chi connectivity index (χ3v) is 5.34. The van der Waals surface area contributed by atoms with E-state index in [0.717, 1.165) is 18.2 Å². The number of hydrogen-bond acceptors (Lipinski definition) is 5. The van der Waals surface area contributed by atoms with Crippen molar-refractivity contribution in [3.05, 3.63) is 83.9 Å². The van der Waals surface area contributed by atoms with Gasteiger partial charge in [0.2, 0.25) is 0 Å². The number of aromatic nitrogens is 3. The average Bonchev–Trinajstić information content (AvgIpc) is 3.25. The molecule has 0 aliphatic heterocycles. The lowest BCUT2D eigenvalue weighted by molar-refractivity contribution is -0.137. The molecule has 0 fully saturated rings. The van der Waals surface area contributed by atoms with E-state index in [1.807, 2.05) is 20.8 Å². The van der Waals surface area contributed by atoms with Gasteiger partial charge in [-0.15, -0.1) is 0 Å².